The number of hydrogen-bond acceptors (Lipinski definition) is 2. The van der Waals surface area contributed by atoms with Crippen molar-refractivity contribution in [1.82, 2.24) is 0 Å². The molecule has 0 fully saturated rings. The molecule has 0 unspecified atom stereocenters. The van der Waals surface area contributed by atoms with Gasteiger partial charge in [-0.2, -0.15) is 0 Å². The molecule has 0 aliphatic heterocycles. The Kier molecular flexibility index (Phi) is 4.11. The Morgan fingerprint density at radius 3 is 1.91 bits per heavy atom. The summed E-state index contributed by atoms with van der Waals surface area (Å²) in [7, 11) is 2.71. The Hall–Kier alpha value is -0.573. The van der Waals surface area contributed by atoms with Gasteiger partial charge in [-0.25, -0.2) is 4.79 Å². The minimum Gasteiger partial charge on any atom is -0.513 e. The molecule has 0 saturated heterocycles. The number of carbonyl (C=O) groups is 1. The van der Waals surface area contributed by atoms with Crippen LogP contribution in [0.4, 0.5) is 0 Å². The maximum atomic E-state index is 11.1. The zero-order valence-electron chi connectivity index (χ0n) is 7.39. The first kappa shape index (κ1) is 10.4. The standard InChI is InChI=1S/C8H13O2Si/c1-5(2)7(6(3)4)8(9)10-11/h5H,1-4H3. The van der Waals surface area contributed by atoms with Gasteiger partial charge in [0.2, 0.25) is 0 Å². The van der Waals surface area contributed by atoms with E-state index in [2.05, 4.69) is 14.9 Å². The van der Waals surface area contributed by atoms with Crippen molar-refractivity contribution < 1.29 is 9.22 Å². The maximum Gasteiger partial charge on any atom is 0.345 e. The largest absolute Gasteiger partial charge is 0.513 e. The minimum absolute atomic E-state index is 0.212. The lowest BCUT2D eigenvalue weighted by Gasteiger charge is -2.10. The van der Waals surface area contributed by atoms with Crippen molar-refractivity contribution >= 4 is 16.5 Å². The zero-order chi connectivity index (χ0) is 9.02. The summed E-state index contributed by atoms with van der Waals surface area (Å²) < 4.78 is 4.44. The van der Waals surface area contributed by atoms with Crippen molar-refractivity contribution in [3.63, 3.8) is 0 Å². The quantitative estimate of drug-likeness (QED) is 0.463. The second kappa shape index (κ2) is 4.33. The summed E-state index contributed by atoms with van der Waals surface area (Å²) in [6.07, 6.45) is 0. The maximum absolute atomic E-state index is 11.1. The van der Waals surface area contributed by atoms with E-state index in [4.69, 9.17) is 0 Å². The van der Waals surface area contributed by atoms with Crippen LogP contribution in [0.5, 0.6) is 0 Å². The average Bonchev–Trinajstić information content (AvgIpc) is 1.85. The van der Waals surface area contributed by atoms with E-state index in [1.54, 1.807) is 0 Å². The lowest BCUT2D eigenvalue weighted by Crippen LogP contribution is -2.12. The summed E-state index contributed by atoms with van der Waals surface area (Å²) in [5.41, 5.74) is 1.74. The minimum atomic E-state index is -0.295. The number of carbonyl (C=O) groups excluding carboxylic acids is 1. The van der Waals surface area contributed by atoms with Gasteiger partial charge in [0, 0.05) is 5.57 Å². The second-order valence-corrected chi connectivity index (χ2v) is 3.16. The van der Waals surface area contributed by atoms with E-state index in [1.165, 1.54) is 0 Å². The summed E-state index contributed by atoms with van der Waals surface area (Å²) in [4.78, 5) is 11.1. The first-order valence-electron chi connectivity index (χ1n) is 3.56. The van der Waals surface area contributed by atoms with Gasteiger partial charge in [-0.15, -0.1) is 0 Å². The van der Waals surface area contributed by atoms with Crippen molar-refractivity contribution in [3.8, 4) is 0 Å². The highest BCUT2D eigenvalue weighted by atomic mass is 28.2. The molecule has 2 nitrogen and oxygen atoms in total. The van der Waals surface area contributed by atoms with Crippen LogP contribution in [0, 0.1) is 5.92 Å². The van der Waals surface area contributed by atoms with Crippen LogP contribution >= 0.6 is 0 Å². The summed E-state index contributed by atoms with van der Waals surface area (Å²) in [5.74, 6) is -0.0829. The topological polar surface area (TPSA) is 26.3 Å². The van der Waals surface area contributed by atoms with Crippen molar-refractivity contribution in [2.45, 2.75) is 27.7 Å². The van der Waals surface area contributed by atoms with Crippen molar-refractivity contribution in [2.75, 3.05) is 0 Å². The van der Waals surface area contributed by atoms with Crippen LogP contribution in [-0.2, 0) is 9.22 Å². The van der Waals surface area contributed by atoms with Crippen molar-refractivity contribution in [3.05, 3.63) is 11.1 Å². The van der Waals surface area contributed by atoms with Crippen LogP contribution < -0.4 is 0 Å². The molecule has 0 aromatic carbocycles. The number of rotatable bonds is 2. The molecule has 0 heterocycles. The highest BCUT2D eigenvalue weighted by Gasteiger charge is 2.14. The summed E-state index contributed by atoms with van der Waals surface area (Å²) in [6, 6.07) is 0. The van der Waals surface area contributed by atoms with E-state index in [9.17, 15) is 4.79 Å². The van der Waals surface area contributed by atoms with E-state index in [-0.39, 0.29) is 11.9 Å². The Morgan fingerprint density at radius 2 is 1.82 bits per heavy atom. The summed E-state index contributed by atoms with van der Waals surface area (Å²) >= 11 is 0. The summed E-state index contributed by atoms with van der Waals surface area (Å²) in [6.45, 7) is 7.73. The lowest BCUT2D eigenvalue weighted by molar-refractivity contribution is -0.130. The Balaban J connectivity index is 4.64. The molecule has 3 heteroatoms. The van der Waals surface area contributed by atoms with Crippen LogP contribution in [0.2, 0.25) is 0 Å². The molecule has 0 aromatic heterocycles. The van der Waals surface area contributed by atoms with E-state index >= 15 is 0 Å². The van der Waals surface area contributed by atoms with Gasteiger partial charge in [0.25, 0.3) is 0 Å². The Labute approximate surface area is 71.2 Å². The predicted molar refractivity (Wildman–Crippen MR) is 45.1 cm³/mol. The fourth-order valence-corrected chi connectivity index (χ4v) is 1.18. The molecular weight excluding hydrogens is 156 g/mol. The van der Waals surface area contributed by atoms with Gasteiger partial charge in [0.15, 0.2) is 0 Å². The lowest BCUT2D eigenvalue weighted by atomic mass is 9.99. The van der Waals surface area contributed by atoms with Gasteiger partial charge in [0.05, 0.1) is 0 Å². The first-order valence-corrected chi connectivity index (χ1v) is 3.96. The molecule has 11 heavy (non-hydrogen) atoms. The van der Waals surface area contributed by atoms with Crippen molar-refractivity contribution in [2.24, 2.45) is 5.92 Å². The molecule has 0 bridgehead atoms. The van der Waals surface area contributed by atoms with Crippen molar-refractivity contribution in [1.29, 1.82) is 0 Å². The Bertz CT molecular complexity index is 179. The van der Waals surface area contributed by atoms with E-state index in [0.717, 1.165) is 11.1 Å². The van der Waals surface area contributed by atoms with Gasteiger partial charge in [-0.1, -0.05) is 19.4 Å². The van der Waals surface area contributed by atoms with Crippen LogP contribution in [-0.4, -0.2) is 16.5 Å². The van der Waals surface area contributed by atoms with Gasteiger partial charge < -0.3 is 4.43 Å². The molecule has 0 aliphatic rings. The number of allylic oxidation sites excluding steroid dienone is 1. The van der Waals surface area contributed by atoms with E-state index in [1.807, 2.05) is 27.7 Å². The fourth-order valence-electron chi connectivity index (χ4n) is 1.07. The molecule has 0 spiro atoms. The molecular formula is C8H13O2Si. The first-order chi connectivity index (χ1) is 5.00. The molecule has 3 radical (unpaired) electrons. The number of hydrogen-bond donors (Lipinski definition) is 0. The molecule has 0 aliphatic carbocycles. The predicted octanol–water partition coefficient (Wildman–Crippen LogP) is 1.61. The smallest absolute Gasteiger partial charge is 0.345 e. The molecule has 0 aromatic rings. The van der Waals surface area contributed by atoms with Gasteiger partial charge in [-0.3, -0.25) is 0 Å². The molecule has 0 N–H and O–H groups in total. The third kappa shape index (κ3) is 2.88. The van der Waals surface area contributed by atoms with E-state index < -0.39 is 0 Å². The van der Waals surface area contributed by atoms with Crippen LogP contribution in [0.15, 0.2) is 11.1 Å². The monoisotopic (exact) mass is 169 g/mol. The fraction of sp³-hybridized carbons (Fsp3) is 0.625. The molecule has 61 valence electrons. The zero-order valence-corrected chi connectivity index (χ0v) is 8.39. The van der Waals surface area contributed by atoms with Gasteiger partial charge in [-0.05, 0) is 19.8 Å². The highest BCUT2D eigenvalue weighted by Crippen LogP contribution is 2.15. The second-order valence-electron chi connectivity index (χ2n) is 2.96. The third-order valence-electron chi connectivity index (χ3n) is 1.43. The average molecular weight is 169 g/mol. The molecule has 0 atom stereocenters. The normalized spacial score (nSPS) is 9.64. The Morgan fingerprint density at radius 1 is 1.36 bits per heavy atom. The van der Waals surface area contributed by atoms with Crippen LogP contribution in [0.3, 0.4) is 0 Å². The summed E-state index contributed by atoms with van der Waals surface area (Å²) in [5, 5.41) is 0. The van der Waals surface area contributed by atoms with Gasteiger partial charge in [0.1, 0.15) is 0 Å². The van der Waals surface area contributed by atoms with Crippen LogP contribution in [0.1, 0.15) is 27.7 Å². The third-order valence-corrected chi connectivity index (χ3v) is 1.61. The SMILES string of the molecule is CC(C)=C(C(=O)O[Si])C(C)C. The molecule has 0 rings (SSSR count). The highest BCUT2D eigenvalue weighted by molar-refractivity contribution is 6.09. The van der Waals surface area contributed by atoms with E-state index in [0.29, 0.717) is 0 Å². The van der Waals surface area contributed by atoms with Crippen LogP contribution in [0.25, 0.3) is 0 Å². The molecule has 0 saturated carbocycles. The van der Waals surface area contributed by atoms with Gasteiger partial charge >= 0.3 is 16.5 Å². The molecule has 0 amide bonds.